The third-order valence-electron chi connectivity index (χ3n) is 4.75. The number of hydrogen-bond donors (Lipinski definition) is 2. The summed E-state index contributed by atoms with van der Waals surface area (Å²) in [6, 6.07) is 6.33. The number of alkyl carbamates (subject to hydrolysis) is 1. The number of aryl methyl sites for hydroxylation is 1. The summed E-state index contributed by atoms with van der Waals surface area (Å²) in [5.41, 5.74) is 6.79. The monoisotopic (exact) mass is 413 g/mol. The molecule has 0 bridgehead atoms. The first kappa shape index (κ1) is 21.4. The van der Waals surface area contributed by atoms with Crippen molar-refractivity contribution in [1.29, 1.82) is 0 Å². The third-order valence-corrected chi connectivity index (χ3v) is 4.75. The van der Waals surface area contributed by atoms with E-state index in [0.717, 1.165) is 5.56 Å². The summed E-state index contributed by atoms with van der Waals surface area (Å²) in [6.45, 7) is 4.93. The third kappa shape index (κ3) is 4.79. The molecule has 30 heavy (non-hydrogen) atoms. The van der Waals surface area contributed by atoms with Gasteiger partial charge in [-0.25, -0.2) is 9.78 Å². The molecule has 3 N–H and O–H groups in total. The first-order valence-corrected chi connectivity index (χ1v) is 9.70. The zero-order valence-electron chi connectivity index (χ0n) is 17.6. The number of aromatic nitrogens is 2. The molecule has 160 valence electrons. The van der Waals surface area contributed by atoms with E-state index in [-0.39, 0.29) is 6.54 Å². The molecule has 1 aliphatic heterocycles. The zero-order valence-corrected chi connectivity index (χ0v) is 17.6. The second kappa shape index (κ2) is 8.17. The van der Waals surface area contributed by atoms with Gasteiger partial charge in [-0.2, -0.15) is 0 Å². The van der Waals surface area contributed by atoms with Crippen LogP contribution in [0.25, 0.3) is 0 Å². The number of carbonyl (C=O) groups excluding carboxylic acids is 3. The standard InChI is InChI=1S/C21H27N5O4/c1-21(2,3)30-20(29)24-18-14(15-10-25(4)12-23-15)9-13-7-5-6-8-16(13)26(19(18)28)11-17(22)27/h5-8,10,12,14,18H,9,11H2,1-4H3,(H2,22,27)(H,24,29). The number of ether oxygens (including phenoxy) is 1. The van der Waals surface area contributed by atoms with Crippen molar-refractivity contribution in [2.24, 2.45) is 12.8 Å². The van der Waals surface area contributed by atoms with E-state index in [1.165, 1.54) is 4.90 Å². The predicted molar refractivity (Wildman–Crippen MR) is 111 cm³/mol. The summed E-state index contributed by atoms with van der Waals surface area (Å²) in [7, 11) is 1.83. The van der Waals surface area contributed by atoms with Gasteiger partial charge >= 0.3 is 6.09 Å². The lowest BCUT2D eigenvalue weighted by Crippen LogP contribution is -2.53. The molecular weight excluding hydrogens is 386 g/mol. The number of nitrogens with two attached hydrogens (primary N) is 1. The summed E-state index contributed by atoms with van der Waals surface area (Å²) in [4.78, 5) is 43.5. The summed E-state index contributed by atoms with van der Waals surface area (Å²) in [6.07, 6.45) is 3.18. The minimum atomic E-state index is -0.985. The molecule has 9 heteroatoms. The van der Waals surface area contributed by atoms with Crippen molar-refractivity contribution in [3.8, 4) is 0 Å². The number of amides is 3. The second-order valence-corrected chi connectivity index (χ2v) is 8.42. The van der Waals surface area contributed by atoms with E-state index in [0.29, 0.717) is 17.8 Å². The lowest BCUT2D eigenvalue weighted by atomic mass is 9.90. The van der Waals surface area contributed by atoms with Crippen molar-refractivity contribution in [3.63, 3.8) is 0 Å². The van der Waals surface area contributed by atoms with Crippen LogP contribution in [0.15, 0.2) is 36.8 Å². The van der Waals surface area contributed by atoms with Crippen LogP contribution < -0.4 is 16.0 Å². The Bertz CT molecular complexity index is 962. The molecule has 2 atom stereocenters. The molecular formula is C21H27N5O4. The number of imidazole rings is 1. The number of nitrogens with zero attached hydrogens (tertiary/aromatic N) is 3. The first-order valence-electron chi connectivity index (χ1n) is 9.70. The van der Waals surface area contributed by atoms with Gasteiger partial charge in [-0.05, 0) is 38.8 Å². The average molecular weight is 413 g/mol. The fourth-order valence-electron chi connectivity index (χ4n) is 3.58. The van der Waals surface area contributed by atoms with E-state index in [1.54, 1.807) is 43.8 Å². The number of hydrogen-bond acceptors (Lipinski definition) is 5. The Morgan fingerprint density at radius 1 is 1.30 bits per heavy atom. The molecule has 9 nitrogen and oxygen atoms in total. The van der Waals surface area contributed by atoms with E-state index in [1.807, 2.05) is 25.4 Å². The quantitative estimate of drug-likeness (QED) is 0.787. The van der Waals surface area contributed by atoms with Crippen molar-refractivity contribution >= 4 is 23.6 Å². The molecule has 1 aromatic heterocycles. The number of primary amides is 1. The van der Waals surface area contributed by atoms with Gasteiger partial charge < -0.3 is 25.3 Å². The van der Waals surface area contributed by atoms with Crippen molar-refractivity contribution in [3.05, 3.63) is 48.0 Å². The lowest BCUT2D eigenvalue weighted by molar-refractivity contribution is -0.123. The highest BCUT2D eigenvalue weighted by molar-refractivity contribution is 6.04. The van der Waals surface area contributed by atoms with Gasteiger partial charge in [0.05, 0.1) is 12.0 Å². The van der Waals surface area contributed by atoms with E-state index >= 15 is 0 Å². The minimum Gasteiger partial charge on any atom is -0.444 e. The Hall–Kier alpha value is -3.36. The molecule has 0 radical (unpaired) electrons. The molecule has 0 fully saturated rings. The molecule has 2 unspecified atom stereocenters. The number of para-hydroxylation sites is 1. The Balaban J connectivity index is 2.06. The molecule has 0 spiro atoms. The molecule has 0 saturated carbocycles. The van der Waals surface area contributed by atoms with Crippen LogP contribution in [0.3, 0.4) is 0 Å². The van der Waals surface area contributed by atoms with Gasteiger partial charge in [-0.15, -0.1) is 0 Å². The maximum Gasteiger partial charge on any atom is 0.408 e. The van der Waals surface area contributed by atoms with Crippen molar-refractivity contribution in [2.45, 2.75) is 44.8 Å². The van der Waals surface area contributed by atoms with Crippen LogP contribution in [0.1, 0.15) is 37.9 Å². The van der Waals surface area contributed by atoms with Crippen LogP contribution in [0.4, 0.5) is 10.5 Å². The number of anilines is 1. The Morgan fingerprint density at radius 3 is 2.60 bits per heavy atom. The predicted octanol–water partition coefficient (Wildman–Crippen LogP) is 1.47. The van der Waals surface area contributed by atoms with E-state index in [4.69, 9.17) is 10.5 Å². The van der Waals surface area contributed by atoms with Crippen LogP contribution in [0.5, 0.6) is 0 Å². The fraction of sp³-hybridized carbons (Fsp3) is 0.429. The van der Waals surface area contributed by atoms with Gasteiger partial charge in [0.2, 0.25) is 5.91 Å². The summed E-state index contributed by atoms with van der Waals surface area (Å²) in [5, 5.41) is 2.71. The highest BCUT2D eigenvalue weighted by Crippen LogP contribution is 2.34. The van der Waals surface area contributed by atoms with Gasteiger partial charge in [0.25, 0.3) is 5.91 Å². The van der Waals surface area contributed by atoms with Crippen LogP contribution in [0.2, 0.25) is 0 Å². The fourth-order valence-corrected chi connectivity index (χ4v) is 3.58. The van der Waals surface area contributed by atoms with Crippen molar-refractivity contribution in [1.82, 2.24) is 14.9 Å². The van der Waals surface area contributed by atoms with Crippen LogP contribution in [-0.4, -0.2) is 45.6 Å². The molecule has 2 heterocycles. The van der Waals surface area contributed by atoms with E-state index in [2.05, 4.69) is 10.3 Å². The number of benzene rings is 1. The van der Waals surface area contributed by atoms with Crippen molar-refractivity contribution in [2.75, 3.05) is 11.4 Å². The first-order chi connectivity index (χ1) is 14.0. The Kier molecular flexibility index (Phi) is 5.82. The smallest absolute Gasteiger partial charge is 0.408 e. The summed E-state index contributed by atoms with van der Waals surface area (Å²) >= 11 is 0. The number of nitrogens with one attached hydrogen (secondary N) is 1. The number of carbonyl (C=O) groups is 3. The minimum absolute atomic E-state index is 0.294. The van der Waals surface area contributed by atoms with Gasteiger partial charge in [0.15, 0.2) is 0 Å². The van der Waals surface area contributed by atoms with Gasteiger partial charge in [0, 0.05) is 24.8 Å². The second-order valence-electron chi connectivity index (χ2n) is 8.42. The van der Waals surface area contributed by atoms with E-state index in [9.17, 15) is 14.4 Å². The van der Waals surface area contributed by atoms with E-state index < -0.39 is 35.5 Å². The Morgan fingerprint density at radius 2 is 2.00 bits per heavy atom. The Labute approximate surface area is 175 Å². The average Bonchev–Trinajstić information content (AvgIpc) is 3.03. The molecule has 1 aliphatic rings. The molecule has 2 aromatic rings. The summed E-state index contributed by atoms with van der Waals surface area (Å²) in [5.74, 6) is -1.55. The normalized spacial score (nSPS) is 19.1. The SMILES string of the molecule is Cn1cnc(C2Cc3ccccc3N(CC(N)=O)C(=O)C2NC(=O)OC(C)(C)C)c1. The van der Waals surface area contributed by atoms with Crippen LogP contribution >= 0.6 is 0 Å². The van der Waals surface area contributed by atoms with Gasteiger partial charge in [-0.3, -0.25) is 9.59 Å². The maximum atomic E-state index is 13.5. The number of fused-ring (bicyclic) bond motifs is 1. The van der Waals surface area contributed by atoms with Gasteiger partial charge in [-0.1, -0.05) is 18.2 Å². The topological polar surface area (TPSA) is 120 Å². The number of rotatable bonds is 4. The highest BCUT2D eigenvalue weighted by atomic mass is 16.6. The van der Waals surface area contributed by atoms with Crippen molar-refractivity contribution < 1.29 is 19.1 Å². The maximum absolute atomic E-state index is 13.5. The summed E-state index contributed by atoms with van der Waals surface area (Å²) < 4.78 is 7.15. The molecule has 0 saturated heterocycles. The zero-order chi connectivity index (χ0) is 22.1. The lowest BCUT2D eigenvalue weighted by Gasteiger charge is -2.29. The molecule has 1 aromatic carbocycles. The molecule has 3 rings (SSSR count). The molecule has 3 amide bonds. The van der Waals surface area contributed by atoms with Crippen LogP contribution in [-0.2, 0) is 27.8 Å². The highest BCUT2D eigenvalue weighted by Gasteiger charge is 2.40. The van der Waals surface area contributed by atoms with Crippen LogP contribution in [0, 0.1) is 0 Å². The molecule has 0 aliphatic carbocycles. The van der Waals surface area contributed by atoms with Gasteiger partial charge in [0.1, 0.15) is 18.2 Å². The largest absolute Gasteiger partial charge is 0.444 e.